The van der Waals surface area contributed by atoms with Crippen molar-refractivity contribution in [2.24, 2.45) is 0 Å². The molecule has 0 spiro atoms. The van der Waals surface area contributed by atoms with E-state index < -0.39 is 10.0 Å². The number of H-pyrrole nitrogens is 1. The molecule has 0 saturated heterocycles. The van der Waals surface area contributed by atoms with Crippen molar-refractivity contribution >= 4 is 21.4 Å². The number of rotatable bonds is 5. The Morgan fingerprint density at radius 2 is 2.22 bits per heavy atom. The molecule has 2 aromatic rings. The van der Waals surface area contributed by atoms with Gasteiger partial charge >= 0.3 is 0 Å². The molecule has 2 aromatic heterocycles. The zero-order valence-corrected chi connectivity index (χ0v) is 11.7. The van der Waals surface area contributed by atoms with Gasteiger partial charge in [-0.1, -0.05) is 0 Å². The summed E-state index contributed by atoms with van der Waals surface area (Å²) in [7, 11) is -3.50. The van der Waals surface area contributed by atoms with Crippen molar-refractivity contribution in [2.45, 2.75) is 25.2 Å². The van der Waals surface area contributed by atoms with E-state index in [9.17, 15) is 8.42 Å². The van der Waals surface area contributed by atoms with E-state index in [0.29, 0.717) is 24.4 Å². The topological polar surface area (TPSA) is 87.7 Å². The van der Waals surface area contributed by atoms with Crippen LogP contribution in [0, 0.1) is 13.8 Å². The number of aryl methyl sites for hydroxylation is 2. The van der Waals surface area contributed by atoms with Crippen LogP contribution in [0.3, 0.4) is 0 Å². The van der Waals surface area contributed by atoms with E-state index in [1.165, 1.54) is 11.3 Å². The zero-order valence-electron chi connectivity index (χ0n) is 10.1. The number of hydrogen-bond donors (Lipinski definition) is 2. The first-order valence-corrected chi connectivity index (χ1v) is 7.81. The molecule has 0 fully saturated rings. The van der Waals surface area contributed by atoms with Gasteiger partial charge in [-0.2, -0.15) is 5.10 Å². The summed E-state index contributed by atoms with van der Waals surface area (Å²) in [5, 5.41) is 8.46. The van der Waals surface area contributed by atoms with E-state index in [1.54, 1.807) is 19.4 Å². The molecule has 0 aliphatic carbocycles. The third-order valence-corrected chi connectivity index (χ3v) is 4.84. The van der Waals surface area contributed by atoms with Gasteiger partial charge in [-0.05, 0) is 13.8 Å². The fraction of sp³-hybridized carbons (Fsp3) is 0.400. The number of sulfonamides is 1. The lowest BCUT2D eigenvalue weighted by molar-refractivity contribution is 0.580. The van der Waals surface area contributed by atoms with Crippen LogP contribution < -0.4 is 4.72 Å². The summed E-state index contributed by atoms with van der Waals surface area (Å²) in [6.45, 7) is 3.68. The molecular formula is C10H14N4O2S2. The molecule has 0 bridgehead atoms. The van der Waals surface area contributed by atoms with Gasteiger partial charge in [0.2, 0.25) is 10.0 Å². The van der Waals surface area contributed by atoms with E-state index in [-0.39, 0.29) is 4.90 Å². The second kappa shape index (κ2) is 5.17. The number of aromatic amines is 1. The molecule has 0 aliphatic rings. The Bertz CT molecular complexity index is 597. The van der Waals surface area contributed by atoms with Crippen molar-refractivity contribution in [1.29, 1.82) is 0 Å². The summed E-state index contributed by atoms with van der Waals surface area (Å²) >= 11 is 1.50. The van der Waals surface area contributed by atoms with Crippen molar-refractivity contribution in [3.63, 3.8) is 0 Å². The molecule has 0 radical (unpaired) electrons. The molecule has 0 unspecified atom stereocenters. The second-order valence-corrected chi connectivity index (χ2v) is 6.31. The summed E-state index contributed by atoms with van der Waals surface area (Å²) in [6.07, 6.45) is 0.582. The van der Waals surface area contributed by atoms with Crippen LogP contribution >= 0.6 is 11.3 Å². The van der Waals surface area contributed by atoms with E-state index in [4.69, 9.17) is 0 Å². The number of aromatic nitrogens is 3. The van der Waals surface area contributed by atoms with Crippen LogP contribution in [-0.4, -0.2) is 30.1 Å². The van der Waals surface area contributed by atoms with Crippen molar-refractivity contribution < 1.29 is 8.42 Å². The number of hydrogen-bond acceptors (Lipinski definition) is 5. The lowest BCUT2D eigenvalue weighted by Gasteiger charge is -2.05. The van der Waals surface area contributed by atoms with E-state index in [2.05, 4.69) is 19.9 Å². The molecule has 6 nitrogen and oxygen atoms in total. The highest BCUT2D eigenvalue weighted by Crippen LogP contribution is 2.16. The molecule has 98 valence electrons. The average Bonchev–Trinajstić information content (AvgIpc) is 2.89. The highest BCUT2D eigenvalue weighted by molar-refractivity contribution is 7.89. The second-order valence-electron chi connectivity index (χ2n) is 3.89. The van der Waals surface area contributed by atoms with Crippen LogP contribution in [0.15, 0.2) is 15.8 Å². The maximum Gasteiger partial charge on any atom is 0.244 e. The van der Waals surface area contributed by atoms with Crippen molar-refractivity contribution in [2.75, 3.05) is 6.54 Å². The van der Waals surface area contributed by atoms with Crippen LogP contribution in [0.2, 0.25) is 0 Å². The molecule has 0 aliphatic heterocycles. The predicted molar refractivity (Wildman–Crippen MR) is 69.1 cm³/mol. The Labute approximate surface area is 110 Å². The third kappa shape index (κ3) is 2.77. The van der Waals surface area contributed by atoms with Gasteiger partial charge in [0.15, 0.2) is 0 Å². The van der Waals surface area contributed by atoms with E-state index in [0.717, 1.165) is 5.69 Å². The molecule has 2 heterocycles. The molecule has 0 saturated carbocycles. The normalized spacial score (nSPS) is 11.9. The summed E-state index contributed by atoms with van der Waals surface area (Å²) in [6, 6.07) is 0. The lowest BCUT2D eigenvalue weighted by atomic mass is 10.3. The van der Waals surface area contributed by atoms with Gasteiger partial charge < -0.3 is 0 Å². The highest BCUT2D eigenvalue weighted by Gasteiger charge is 2.21. The number of nitrogens with one attached hydrogen (secondary N) is 2. The van der Waals surface area contributed by atoms with Crippen LogP contribution in [-0.2, 0) is 16.4 Å². The molecule has 2 N–H and O–H groups in total. The van der Waals surface area contributed by atoms with Gasteiger partial charge in [0.25, 0.3) is 0 Å². The Balaban J connectivity index is 2.04. The van der Waals surface area contributed by atoms with Gasteiger partial charge in [-0.25, -0.2) is 18.1 Å². The average molecular weight is 286 g/mol. The standard InChI is InChI=1S/C10H14N4O2S2/c1-7-10(8(2)14-13-7)18(15,16)12-4-3-9-5-17-6-11-9/h5-6,12H,3-4H2,1-2H3,(H,13,14). The first kappa shape index (κ1) is 13.2. The molecular weight excluding hydrogens is 272 g/mol. The lowest BCUT2D eigenvalue weighted by Crippen LogP contribution is -2.26. The van der Waals surface area contributed by atoms with Crippen LogP contribution in [0.5, 0.6) is 0 Å². The smallest absolute Gasteiger partial charge is 0.244 e. The van der Waals surface area contributed by atoms with Crippen molar-refractivity contribution in [3.8, 4) is 0 Å². The van der Waals surface area contributed by atoms with Crippen molar-refractivity contribution in [3.05, 3.63) is 28.0 Å². The van der Waals surface area contributed by atoms with Gasteiger partial charge in [0.05, 0.1) is 22.6 Å². The van der Waals surface area contributed by atoms with E-state index in [1.807, 2.05) is 5.38 Å². The third-order valence-electron chi connectivity index (χ3n) is 2.49. The van der Waals surface area contributed by atoms with Crippen LogP contribution in [0.4, 0.5) is 0 Å². The van der Waals surface area contributed by atoms with Gasteiger partial charge in [-0.3, -0.25) is 5.10 Å². The summed E-state index contributed by atoms with van der Waals surface area (Å²) in [5.74, 6) is 0. The Morgan fingerprint density at radius 3 is 2.78 bits per heavy atom. The van der Waals surface area contributed by atoms with Gasteiger partial charge in [-0.15, -0.1) is 11.3 Å². The monoisotopic (exact) mass is 286 g/mol. The summed E-state index contributed by atoms with van der Waals surface area (Å²) < 4.78 is 26.7. The number of thiazole rings is 1. The summed E-state index contributed by atoms with van der Waals surface area (Å²) in [4.78, 5) is 4.34. The maximum absolute atomic E-state index is 12.1. The molecule has 0 atom stereocenters. The van der Waals surface area contributed by atoms with Gasteiger partial charge in [0, 0.05) is 18.3 Å². The Hall–Kier alpha value is -1.25. The Kier molecular flexibility index (Phi) is 3.79. The van der Waals surface area contributed by atoms with Crippen molar-refractivity contribution in [1.82, 2.24) is 19.9 Å². The maximum atomic E-state index is 12.1. The number of nitrogens with zero attached hydrogens (tertiary/aromatic N) is 2. The van der Waals surface area contributed by atoms with Crippen LogP contribution in [0.1, 0.15) is 17.1 Å². The predicted octanol–water partition coefficient (Wildman–Crippen LogP) is 1.00. The van der Waals surface area contributed by atoms with E-state index >= 15 is 0 Å². The Morgan fingerprint density at radius 1 is 1.44 bits per heavy atom. The first-order valence-electron chi connectivity index (χ1n) is 5.39. The van der Waals surface area contributed by atoms with Crippen LogP contribution in [0.25, 0.3) is 0 Å². The molecule has 18 heavy (non-hydrogen) atoms. The molecule has 0 amide bonds. The SMILES string of the molecule is Cc1n[nH]c(C)c1S(=O)(=O)NCCc1cscn1. The fourth-order valence-electron chi connectivity index (χ4n) is 1.68. The molecule has 2 rings (SSSR count). The minimum atomic E-state index is -3.50. The summed E-state index contributed by atoms with van der Waals surface area (Å²) in [5.41, 5.74) is 3.65. The largest absolute Gasteiger partial charge is 0.281 e. The minimum Gasteiger partial charge on any atom is -0.281 e. The highest BCUT2D eigenvalue weighted by atomic mass is 32.2. The fourth-order valence-corrected chi connectivity index (χ4v) is 3.67. The zero-order chi connectivity index (χ0) is 13.2. The minimum absolute atomic E-state index is 0.237. The quantitative estimate of drug-likeness (QED) is 0.858. The first-order chi connectivity index (χ1) is 8.50. The molecule has 8 heteroatoms. The molecule has 0 aromatic carbocycles. The van der Waals surface area contributed by atoms with Gasteiger partial charge in [0.1, 0.15) is 4.90 Å².